The van der Waals surface area contributed by atoms with E-state index in [0.717, 1.165) is 0 Å². The van der Waals surface area contributed by atoms with Gasteiger partial charge in [-0.05, 0) is 31.2 Å². The zero-order chi connectivity index (χ0) is 15.0. The fourth-order valence-electron chi connectivity index (χ4n) is 1.33. The van der Waals surface area contributed by atoms with Gasteiger partial charge in [0, 0.05) is 11.4 Å². The van der Waals surface area contributed by atoms with Crippen LogP contribution in [0.2, 0.25) is 0 Å². The van der Waals surface area contributed by atoms with E-state index in [0.29, 0.717) is 17.9 Å². The van der Waals surface area contributed by atoms with Gasteiger partial charge in [-0.2, -0.15) is 0 Å². The highest BCUT2D eigenvalue weighted by Gasteiger charge is 2.06. The molecule has 0 spiro atoms. The molecule has 0 radical (unpaired) electrons. The Labute approximate surface area is 119 Å². The number of hydrogen-bond donors (Lipinski definition) is 3. The summed E-state index contributed by atoms with van der Waals surface area (Å²) in [5.74, 6) is 2.15. The molecule has 0 heterocycles. The van der Waals surface area contributed by atoms with Crippen molar-refractivity contribution in [2.45, 2.75) is 6.92 Å². The van der Waals surface area contributed by atoms with Crippen molar-refractivity contribution >= 4 is 27.3 Å². The Kier molecular flexibility index (Phi) is 6.03. The zero-order valence-corrected chi connectivity index (χ0v) is 12.0. The van der Waals surface area contributed by atoms with Gasteiger partial charge in [0.25, 0.3) is 0 Å². The normalized spacial score (nSPS) is 10.6. The van der Waals surface area contributed by atoms with Crippen LogP contribution in [0.15, 0.2) is 24.3 Å². The number of benzene rings is 1. The molecule has 0 atom stereocenters. The van der Waals surface area contributed by atoms with Crippen LogP contribution in [-0.4, -0.2) is 33.2 Å². The van der Waals surface area contributed by atoms with E-state index in [2.05, 4.69) is 21.3 Å². The molecule has 0 bridgehead atoms. The summed E-state index contributed by atoms with van der Waals surface area (Å²) < 4.78 is 25.2. The van der Waals surface area contributed by atoms with Gasteiger partial charge in [-0.15, -0.1) is 6.42 Å². The Hall–Kier alpha value is -2.04. The minimum Gasteiger partial charge on any atom is -0.325 e. The maximum Gasteiger partial charge on any atom is 0.238 e. The van der Waals surface area contributed by atoms with E-state index in [1.807, 2.05) is 0 Å². The molecule has 1 aromatic rings. The summed E-state index contributed by atoms with van der Waals surface area (Å²) in [5, 5.41) is 5.42. The molecule has 20 heavy (non-hydrogen) atoms. The van der Waals surface area contributed by atoms with Crippen molar-refractivity contribution in [1.82, 2.24) is 5.32 Å². The highest BCUT2D eigenvalue weighted by atomic mass is 32.2. The summed E-state index contributed by atoms with van der Waals surface area (Å²) in [6.07, 6.45) is 5.05. The summed E-state index contributed by atoms with van der Waals surface area (Å²) in [5.41, 5.74) is 1.03. The van der Waals surface area contributed by atoms with Crippen LogP contribution >= 0.6 is 0 Å². The van der Waals surface area contributed by atoms with Crippen molar-refractivity contribution in [2.75, 3.05) is 28.9 Å². The monoisotopic (exact) mass is 295 g/mol. The predicted molar refractivity (Wildman–Crippen MR) is 79.9 cm³/mol. The topological polar surface area (TPSA) is 87.3 Å². The lowest BCUT2D eigenvalue weighted by atomic mass is 10.3. The minimum absolute atomic E-state index is 0.00628. The third-order valence-corrected chi connectivity index (χ3v) is 3.64. The molecule has 0 saturated heterocycles. The summed E-state index contributed by atoms with van der Waals surface area (Å²) in [7, 11) is -3.29. The van der Waals surface area contributed by atoms with Crippen molar-refractivity contribution in [1.29, 1.82) is 0 Å². The van der Waals surface area contributed by atoms with Crippen LogP contribution in [-0.2, 0) is 14.8 Å². The van der Waals surface area contributed by atoms with Gasteiger partial charge in [0.2, 0.25) is 15.9 Å². The van der Waals surface area contributed by atoms with Crippen molar-refractivity contribution in [3.63, 3.8) is 0 Å². The number of nitrogens with one attached hydrogen (secondary N) is 3. The Balaban J connectivity index is 2.55. The summed E-state index contributed by atoms with van der Waals surface area (Å²) in [6.45, 7) is 2.00. The highest BCUT2D eigenvalue weighted by molar-refractivity contribution is 7.92. The Morgan fingerprint density at radius 3 is 2.40 bits per heavy atom. The van der Waals surface area contributed by atoms with Gasteiger partial charge in [0.1, 0.15) is 0 Å². The van der Waals surface area contributed by atoms with E-state index in [1.165, 1.54) is 0 Å². The molecule has 1 rings (SSSR count). The number of carbonyl (C=O) groups excluding carboxylic acids is 1. The van der Waals surface area contributed by atoms with Crippen LogP contribution in [0, 0.1) is 12.3 Å². The molecule has 0 fully saturated rings. The first-order valence-corrected chi connectivity index (χ1v) is 7.66. The van der Waals surface area contributed by atoms with E-state index < -0.39 is 10.0 Å². The van der Waals surface area contributed by atoms with Crippen molar-refractivity contribution in [3.05, 3.63) is 24.3 Å². The fraction of sp³-hybridized carbons (Fsp3) is 0.308. The van der Waals surface area contributed by atoms with Crippen LogP contribution < -0.4 is 15.4 Å². The molecular weight excluding hydrogens is 278 g/mol. The van der Waals surface area contributed by atoms with Crippen LogP contribution in [0.5, 0.6) is 0 Å². The first kappa shape index (κ1) is 16.0. The number of amides is 1. The number of rotatable bonds is 7. The van der Waals surface area contributed by atoms with Gasteiger partial charge >= 0.3 is 0 Å². The number of sulfonamides is 1. The quantitative estimate of drug-likeness (QED) is 0.508. The number of terminal acetylenes is 1. The second-order valence-corrected chi connectivity index (χ2v) is 5.95. The average molecular weight is 295 g/mol. The van der Waals surface area contributed by atoms with Crippen molar-refractivity contribution in [3.8, 4) is 12.3 Å². The number of hydrogen-bond acceptors (Lipinski definition) is 4. The molecule has 6 nitrogen and oxygen atoms in total. The maximum atomic E-state index is 11.5. The van der Waals surface area contributed by atoms with Gasteiger partial charge in [-0.1, -0.05) is 5.92 Å². The predicted octanol–water partition coefficient (Wildman–Crippen LogP) is 0.609. The van der Waals surface area contributed by atoms with Gasteiger partial charge in [-0.25, -0.2) is 8.42 Å². The van der Waals surface area contributed by atoms with Crippen molar-refractivity contribution in [2.24, 2.45) is 0 Å². The highest BCUT2D eigenvalue weighted by Crippen LogP contribution is 2.14. The molecule has 0 aliphatic rings. The Bertz CT molecular complexity index is 588. The molecule has 0 aromatic heterocycles. The molecular formula is C13H17N3O3S. The fourth-order valence-corrected chi connectivity index (χ4v) is 1.97. The second-order valence-electron chi connectivity index (χ2n) is 3.94. The van der Waals surface area contributed by atoms with E-state index >= 15 is 0 Å². The minimum atomic E-state index is -3.29. The first-order chi connectivity index (χ1) is 9.46. The first-order valence-electron chi connectivity index (χ1n) is 6.01. The second kappa shape index (κ2) is 7.53. The van der Waals surface area contributed by atoms with Gasteiger partial charge < -0.3 is 5.32 Å². The van der Waals surface area contributed by atoms with E-state index in [4.69, 9.17) is 6.42 Å². The lowest BCUT2D eigenvalue weighted by molar-refractivity contribution is -0.115. The molecule has 108 valence electrons. The van der Waals surface area contributed by atoms with Crippen LogP contribution in [0.25, 0.3) is 0 Å². The Morgan fingerprint density at radius 1 is 1.25 bits per heavy atom. The maximum absolute atomic E-state index is 11.5. The van der Waals surface area contributed by atoms with Crippen LogP contribution in [0.1, 0.15) is 6.92 Å². The molecule has 3 N–H and O–H groups in total. The van der Waals surface area contributed by atoms with Gasteiger partial charge in [-0.3, -0.25) is 14.8 Å². The van der Waals surface area contributed by atoms with Gasteiger partial charge in [0.15, 0.2) is 0 Å². The van der Waals surface area contributed by atoms with Crippen LogP contribution in [0.3, 0.4) is 0 Å². The SMILES string of the molecule is C#CCNCC(=O)Nc1ccc(NS(=O)(=O)CC)cc1. The molecule has 1 amide bonds. The smallest absolute Gasteiger partial charge is 0.238 e. The van der Waals surface area contributed by atoms with E-state index in [-0.39, 0.29) is 18.2 Å². The largest absolute Gasteiger partial charge is 0.325 e. The lowest BCUT2D eigenvalue weighted by Crippen LogP contribution is -2.28. The molecule has 0 aliphatic carbocycles. The average Bonchev–Trinajstić information content (AvgIpc) is 2.41. The Morgan fingerprint density at radius 2 is 1.85 bits per heavy atom. The molecule has 0 unspecified atom stereocenters. The lowest BCUT2D eigenvalue weighted by Gasteiger charge is -2.08. The zero-order valence-electron chi connectivity index (χ0n) is 11.1. The molecule has 0 aliphatic heterocycles. The van der Waals surface area contributed by atoms with Crippen molar-refractivity contribution < 1.29 is 13.2 Å². The standard InChI is InChI=1S/C13H17N3O3S/c1-3-9-14-10-13(17)15-11-5-7-12(8-6-11)16-20(18,19)4-2/h1,5-8,14,16H,4,9-10H2,2H3,(H,15,17). The molecule has 7 heteroatoms. The number of anilines is 2. The number of carbonyl (C=O) groups is 1. The van der Waals surface area contributed by atoms with E-state index in [9.17, 15) is 13.2 Å². The summed E-state index contributed by atoms with van der Waals surface area (Å²) >= 11 is 0. The molecule has 1 aromatic carbocycles. The summed E-state index contributed by atoms with van der Waals surface area (Å²) in [4.78, 5) is 11.5. The third-order valence-electron chi connectivity index (χ3n) is 2.33. The molecule has 0 saturated carbocycles. The summed E-state index contributed by atoms with van der Waals surface area (Å²) in [6, 6.07) is 6.40. The van der Waals surface area contributed by atoms with Gasteiger partial charge in [0.05, 0.1) is 18.8 Å². The van der Waals surface area contributed by atoms with Crippen LogP contribution in [0.4, 0.5) is 11.4 Å². The van der Waals surface area contributed by atoms with E-state index in [1.54, 1.807) is 31.2 Å². The third kappa shape index (κ3) is 5.73.